The monoisotopic (exact) mass is 266 g/mol. The summed E-state index contributed by atoms with van der Waals surface area (Å²) in [6.07, 6.45) is 5.91. The number of ketones is 2. The van der Waals surface area contributed by atoms with Crippen LogP contribution < -0.4 is 0 Å². The fourth-order valence-corrected chi connectivity index (χ4v) is 2.80. The van der Waals surface area contributed by atoms with E-state index in [1.165, 1.54) is 0 Å². The molecule has 0 unspecified atom stereocenters. The van der Waals surface area contributed by atoms with Crippen molar-refractivity contribution in [1.29, 1.82) is 0 Å². The van der Waals surface area contributed by atoms with Crippen molar-refractivity contribution in [2.75, 3.05) is 0 Å². The third-order valence-corrected chi connectivity index (χ3v) is 3.99. The Balaban J connectivity index is 2.66. The third kappa shape index (κ3) is 4.27. The number of carbonyl (C=O) groups excluding carboxylic acids is 2. The van der Waals surface area contributed by atoms with Crippen molar-refractivity contribution in [1.82, 2.24) is 0 Å². The van der Waals surface area contributed by atoms with Crippen LogP contribution in [-0.4, -0.2) is 22.8 Å². The molecule has 0 spiro atoms. The molecule has 0 saturated heterocycles. The number of carbonyl (C=O) groups is 2. The van der Waals surface area contributed by atoms with Crippen molar-refractivity contribution in [2.45, 2.75) is 65.4 Å². The van der Waals surface area contributed by atoms with Crippen LogP contribution >= 0.6 is 0 Å². The van der Waals surface area contributed by atoms with Gasteiger partial charge in [0, 0.05) is 12.8 Å². The lowest BCUT2D eigenvalue weighted by Crippen LogP contribution is -2.31. The zero-order valence-corrected chi connectivity index (χ0v) is 12.3. The van der Waals surface area contributed by atoms with Gasteiger partial charge in [-0.2, -0.15) is 0 Å². The molecule has 1 rings (SSSR count). The lowest BCUT2D eigenvalue weighted by Gasteiger charge is -2.23. The second-order valence-corrected chi connectivity index (χ2v) is 5.56. The van der Waals surface area contributed by atoms with Crippen molar-refractivity contribution in [2.24, 2.45) is 11.8 Å². The predicted molar refractivity (Wildman–Crippen MR) is 75.8 cm³/mol. The van der Waals surface area contributed by atoms with Gasteiger partial charge in [-0.3, -0.25) is 9.59 Å². The minimum atomic E-state index is -0.609. The highest BCUT2D eigenvalue weighted by molar-refractivity contribution is 6.00. The summed E-state index contributed by atoms with van der Waals surface area (Å²) >= 11 is 0. The van der Waals surface area contributed by atoms with Gasteiger partial charge < -0.3 is 5.11 Å². The molecular weight excluding hydrogens is 240 g/mol. The average Bonchev–Trinajstić information content (AvgIpc) is 2.65. The van der Waals surface area contributed by atoms with E-state index in [1.807, 2.05) is 13.0 Å². The highest BCUT2D eigenvalue weighted by Gasteiger charge is 2.39. The maximum Gasteiger partial charge on any atom is 0.164 e. The number of rotatable bonds is 8. The largest absolute Gasteiger partial charge is 0.392 e. The Hall–Kier alpha value is -0.960. The van der Waals surface area contributed by atoms with E-state index in [9.17, 15) is 14.7 Å². The van der Waals surface area contributed by atoms with E-state index in [0.717, 1.165) is 19.3 Å². The molecule has 3 atom stereocenters. The molecule has 1 aliphatic rings. The highest BCUT2D eigenvalue weighted by Crippen LogP contribution is 2.34. The molecule has 0 aromatic carbocycles. The normalized spacial score (nSPS) is 24.4. The fourth-order valence-electron chi connectivity index (χ4n) is 2.80. The standard InChI is InChI=1S/C16H26O3/c1-4-6-7-8-14(18)15-12(10-13(17)5-2)9-11(3)16(15)19/h9,12,14-15,18H,4-8,10H2,1-3H3/t12-,14+,15+/m0/s1. The highest BCUT2D eigenvalue weighted by atomic mass is 16.3. The molecule has 0 saturated carbocycles. The van der Waals surface area contributed by atoms with E-state index in [4.69, 9.17) is 0 Å². The van der Waals surface area contributed by atoms with Crippen molar-refractivity contribution in [3.8, 4) is 0 Å². The molecule has 3 nitrogen and oxygen atoms in total. The summed E-state index contributed by atoms with van der Waals surface area (Å²) in [5.41, 5.74) is 0.702. The van der Waals surface area contributed by atoms with E-state index in [0.29, 0.717) is 24.8 Å². The lowest BCUT2D eigenvalue weighted by molar-refractivity contribution is -0.124. The van der Waals surface area contributed by atoms with Crippen LogP contribution in [0.1, 0.15) is 59.3 Å². The molecule has 0 aliphatic heterocycles. The molecule has 19 heavy (non-hydrogen) atoms. The van der Waals surface area contributed by atoms with Gasteiger partial charge in [-0.1, -0.05) is 39.2 Å². The molecule has 0 aromatic rings. The molecule has 0 radical (unpaired) electrons. The summed E-state index contributed by atoms with van der Waals surface area (Å²) in [5, 5.41) is 10.3. The van der Waals surface area contributed by atoms with Gasteiger partial charge in [0.25, 0.3) is 0 Å². The Morgan fingerprint density at radius 3 is 2.63 bits per heavy atom. The summed E-state index contributed by atoms with van der Waals surface area (Å²) in [6, 6.07) is 0. The second-order valence-electron chi connectivity index (χ2n) is 5.56. The first-order valence-electron chi connectivity index (χ1n) is 7.43. The van der Waals surface area contributed by atoms with Crippen LogP contribution in [0.3, 0.4) is 0 Å². The first-order chi connectivity index (χ1) is 9.01. The van der Waals surface area contributed by atoms with Gasteiger partial charge in [-0.05, 0) is 24.8 Å². The van der Waals surface area contributed by atoms with Crippen molar-refractivity contribution in [3.63, 3.8) is 0 Å². The van der Waals surface area contributed by atoms with Crippen LogP contribution in [0.2, 0.25) is 0 Å². The zero-order valence-electron chi connectivity index (χ0n) is 12.3. The number of aliphatic hydroxyl groups is 1. The topological polar surface area (TPSA) is 54.4 Å². The Morgan fingerprint density at radius 2 is 2.05 bits per heavy atom. The second kappa shape index (κ2) is 7.59. The Morgan fingerprint density at radius 1 is 1.37 bits per heavy atom. The lowest BCUT2D eigenvalue weighted by atomic mass is 9.83. The molecule has 0 amide bonds. The molecule has 1 N–H and O–H groups in total. The van der Waals surface area contributed by atoms with E-state index in [1.54, 1.807) is 6.92 Å². The van der Waals surface area contributed by atoms with Crippen molar-refractivity contribution < 1.29 is 14.7 Å². The summed E-state index contributed by atoms with van der Waals surface area (Å²) < 4.78 is 0. The predicted octanol–water partition coefficient (Wildman–Crippen LogP) is 3.06. The van der Waals surface area contributed by atoms with Crippen LogP contribution in [0.4, 0.5) is 0 Å². The number of unbranched alkanes of at least 4 members (excludes halogenated alkanes) is 2. The molecule has 0 aromatic heterocycles. The van der Waals surface area contributed by atoms with Gasteiger partial charge in [0.2, 0.25) is 0 Å². The smallest absolute Gasteiger partial charge is 0.164 e. The van der Waals surface area contributed by atoms with Crippen LogP contribution in [0.5, 0.6) is 0 Å². The Kier molecular flexibility index (Phi) is 6.43. The molecule has 3 heteroatoms. The summed E-state index contributed by atoms with van der Waals surface area (Å²) in [6.45, 7) is 5.73. The molecular formula is C16H26O3. The minimum absolute atomic E-state index is 0.0258. The van der Waals surface area contributed by atoms with Crippen molar-refractivity contribution >= 4 is 11.6 Å². The number of hydrogen-bond acceptors (Lipinski definition) is 3. The van der Waals surface area contributed by atoms with Gasteiger partial charge in [-0.15, -0.1) is 0 Å². The van der Waals surface area contributed by atoms with E-state index >= 15 is 0 Å². The van der Waals surface area contributed by atoms with Crippen LogP contribution in [0.25, 0.3) is 0 Å². The van der Waals surface area contributed by atoms with Gasteiger partial charge >= 0.3 is 0 Å². The van der Waals surface area contributed by atoms with E-state index < -0.39 is 12.0 Å². The minimum Gasteiger partial charge on any atom is -0.392 e. The quantitative estimate of drug-likeness (QED) is 0.687. The van der Waals surface area contributed by atoms with E-state index in [2.05, 4.69) is 6.92 Å². The third-order valence-electron chi connectivity index (χ3n) is 3.99. The molecule has 108 valence electrons. The Bertz CT molecular complexity index is 357. The number of Topliss-reactive ketones (excluding diaryl/α,β-unsaturated/α-hetero) is 2. The van der Waals surface area contributed by atoms with Crippen molar-refractivity contribution in [3.05, 3.63) is 11.6 Å². The summed E-state index contributed by atoms with van der Waals surface area (Å²) in [7, 11) is 0. The van der Waals surface area contributed by atoms with Crippen LogP contribution in [0.15, 0.2) is 11.6 Å². The first kappa shape index (κ1) is 16.1. The van der Waals surface area contributed by atoms with Gasteiger partial charge in [0.15, 0.2) is 5.78 Å². The number of aliphatic hydroxyl groups excluding tert-OH is 1. The number of allylic oxidation sites excluding steroid dienone is 2. The van der Waals surface area contributed by atoms with Gasteiger partial charge in [-0.25, -0.2) is 0 Å². The Labute approximate surface area is 116 Å². The van der Waals surface area contributed by atoms with Gasteiger partial charge in [0.05, 0.1) is 12.0 Å². The first-order valence-corrected chi connectivity index (χ1v) is 7.43. The summed E-state index contributed by atoms with van der Waals surface area (Å²) in [5.74, 6) is -0.309. The molecule has 0 heterocycles. The maximum absolute atomic E-state index is 12.1. The maximum atomic E-state index is 12.1. The van der Waals surface area contributed by atoms with Gasteiger partial charge in [0.1, 0.15) is 5.78 Å². The molecule has 0 bridgehead atoms. The summed E-state index contributed by atoms with van der Waals surface area (Å²) in [4.78, 5) is 23.7. The fraction of sp³-hybridized carbons (Fsp3) is 0.750. The zero-order chi connectivity index (χ0) is 14.4. The van der Waals surface area contributed by atoms with Crippen LogP contribution in [0, 0.1) is 11.8 Å². The van der Waals surface area contributed by atoms with Crippen LogP contribution in [-0.2, 0) is 9.59 Å². The SMILES string of the molecule is CCCCC[C@@H](O)[C@@H]1C(=O)C(C)=C[C@H]1CC(=O)CC. The number of hydrogen-bond donors (Lipinski definition) is 1. The molecule has 0 fully saturated rings. The average molecular weight is 266 g/mol. The van der Waals surface area contributed by atoms with E-state index in [-0.39, 0.29) is 17.5 Å². The molecule has 1 aliphatic carbocycles.